The van der Waals surface area contributed by atoms with E-state index in [0.29, 0.717) is 68.5 Å². The molecule has 0 saturated carbocycles. The van der Waals surface area contributed by atoms with Gasteiger partial charge in [-0.05, 0) is 80.1 Å². The van der Waals surface area contributed by atoms with E-state index < -0.39 is 117 Å². The molecule has 0 aliphatic carbocycles. The van der Waals surface area contributed by atoms with Crippen molar-refractivity contribution in [2.45, 2.75) is 100 Å². The molecule has 6 aromatic rings. The lowest BCUT2D eigenvalue weighted by molar-refractivity contribution is -0.139. The van der Waals surface area contributed by atoms with Crippen molar-refractivity contribution in [3.8, 4) is 17.2 Å². The van der Waals surface area contributed by atoms with Gasteiger partial charge in [0.25, 0.3) is 5.91 Å². The van der Waals surface area contributed by atoms with Crippen LogP contribution in [-0.4, -0.2) is 82.6 Å². The first kappa shape index (κ1) is 75.4. The number of nitrogens with one attached hydrogen (secondary N) is 3. The van der Waals surface area contributed by atoms with Crippen molar-refractivity contribution >= 4 is 73.6 Å². The van der Waals surface area contributed by atoms with Gasteiger partial charge in [-0.3, -0.25) is 9.78 Å². The van der Waals surface area contributed by atoms with Gasteiger partial charge in [-0.2, -0.15) is 31.6 Å². The average molecular weight is 1250 g/mol. The molecule has 1 amide bonds. The average Bonchev–Trinajstić information content (AvgIpc) is 3.30. The molecule has 1 heterocycles. The van der Waals surface area contributed by atoms with Crippen molar-refractivity contribution in [3.05, 3.63) is 157 Å². The van der Waals surface area contributed by atoms with Crippen molar-refractivity contribution < 1.29 is 86.8 Å². The zero-order chi connectivity index (χ0) is 58.4. The van der Waals surface area contributed by atoms with Gasteiger partial charge in [0.1, 0.15) is 69.7 Å². The van der Waals surface area contributed by atoms with Crippen molar-refractivity contribution in [1.82, 2.24) is 10.3 Å². The number of fused-ring (bicyclic) bond motifs is 1. The van der Waals surface area contributed by atoms with Gasteiger partial charge in [-0.25, -0.2) is 40.7 Å². The lowest BCUT2D eigenvalue weighted by Gasteiger charge is -2.20. The van der Waals surface area contributed by atoms with Crippen LogP contribution in [0.3, 0.4) is 0 Å². The topological polar surface area (TPSA) is 217 Å². The zero-order valence-corrected chi connectivity index (χ0v) is 42.6. The fourth-order valence-electron chi connectivity index (χ4n) is 6.32. The van der Waals surface area contributed by atoms with Crippen LogP contribution in [0, 0.1) is 46.2 Å². The van der Waals surface area contributed by atoms with Crippen molar-refractivity contribution in [2.24, 2.45) is 5.73 Å². The van der Waals surface area contributed by atoms with Crippen LogP contribution >= 0.6 is 27.5 Å². The molecule has 0 fully saturated rings. The van der Waals surface area contributed by atoms with Crippen LogP contribution in [0.15, 0.2) is 89.5 Å². The maximum absolute atomic E-state index is 14.7. The highest BCUT2D eigenvalue weighted by atomic mass is 79.9. The summed E-state index contributed by atoms with van der Waals surface area (Å²) in [7, 11) is 1.06. The molecule has 27 heteroatoms. The summed E-state index contributed by atoms with van der Waals surface area (Å²) in [6.07, 6.45) is -8.07. The summed E-state index contributed by atoms with van der Waals surface area (Å²) in [6.45, 7) is 5.40. The van der Waals surface area contributed by atoms with Crippen LogP contribution in [0.1, 0.15) is 99.6 Å². The quantitative estimate of drug-likeness (QED) is 0.0498. The van der Waals surface area contributed by atoms with Crippen LogP contribution in [0.5, 0.6) is 0 Å². The number of amides is 1. The molecule has 1 aromatic heterocycles. The molecule has 0 bridgehead atoms. The zero-order valence-electron chi connectivity index (χ0n) is 40.3. The number of carboxylic acids is 2. The van der Waals surface area contributed by atoms with E-state index in [1.54, 1.807) is 36.4 Å². The van der Waals surface area contributed by atoms with E-state index in [1.165, 1.54) is 12.3 Å². The smallest absolute Gasteiger partial charge is 0.408 e. The number of pyridine rings is 1. The Kier molecular flexibility index (Phi) is 30.3. The van der Waals surface area contributed by atoms with Crippen LogP contribution in [0.4, 0.5) is 64.1 Å². The summed E-state index contributed by atoms with van der Waals surface area (Å²) < 4.78 is 161. The SMILES string of the molecule is C.C.C.C.CC(C)N.CC(Nc1cc(F)c(C(=O)N[C@@H](Cc2ccc(-c3ccc(C#N)cc3Cl)c3ncccc23)C(=O)O)c(F)c1)C(F)(F)F.CC(Nc1cc(F)c(C(=O)O)c(F)c1)C(F)(F)F.COC(=O)c1c(F)cc(Br)cc1F. The second-order valence-corrected chi connectivity index (χ2v) is 17.6. The predicted octanol–water partition coefficient (Wildman–Crippen LogP) is 14.9. The molecule has 5 aromatic carbocycles. The number of aromatic nitrogens is 1. The number of alkyl halides is 6. The maximum Gasteiger partial charge on any atom is 0.408 e. The van der Waals surface area contributed by atoms with E-state index in [-0.39, 0.29) is 40.6 Å². The van der Waals surface area contributed by atoms with E-state index in [0.717, 1.165) is 33.1 Å². The fourth-order valence-corrected chi connectivity index (χ4v) is 7.00. The van der Waals surface area contributed by atoms with E-state index in [9.17, 15) is 77.0 Å². The number of methoxy groups -OCH3 is 1. The number of ether oxygens (including phenoxy) is 1. The highest BCUT2D eigenvalue weighted by Gasteiger charge is 2.37. The summed E-state index contributed by atoms with van der Waals surface area (Å²) in [5, 5.41) is 34.0. The number of nitriles is 1. The van der Waals surface area contributed by atoms with Crippen molar-refractivity contribution in [2.75, 3.05) is 17.7 Å². The Morgan fingerprint density at radius 2 is 1.14 bits per heavy atom. The summed E-state index contributed by atoms with van der Waals surface area (Å²) >= 11 is 9.27. The first-order chi connectivity index (χ1) is 35.7. The van der Waals surface area contributed by atoms with E-state index >= 15 is 0 Å². The second-order valence-electron chi connectivity index (χ2n) is 16.3. The third kappa shape index (κ3) is 21.4. The van der Waals surface area contributed by atoms with Gasteiger partial charge in [0, 0.05) is 50.0 Å². The Morgan fingerprint density at radius 3 is 1.53 bits per heavy atom. The number of aliphatic carboxylic acids is 1. The van der Waals surface area contributed by atoms with Gasteiger partial charge >= 0.3 is 30.3 Å². The van der Waals surface area contributed by atoms with Gasteiger partial charge in [0.2, 0.25) is 0 Å². The molecule has 444 valence electrons. The summed E-state index contributed by atoms with van der Waals surface area (Å²) in [4.78, 5) is 50.5. The molecule has 0 saturated heterocycles. The number of anilines is 2. The number of nitrogens with zero attached hydrogens (tertiary/aromatic N) is 2. The monoisotopic (exact) mass is 1240 g/mol. The molecule has 7 N–H and O–H groups in total. The van der Waals surface area contributed by atoms with Gasteiger partial charge in [-0.1, -0.05) is 95.4 Å². The standard InChI is InChI=1S/C29H20ClF5N4O3.C10H8F5NO2.C8H5BrF2O2.C3H9N.4CH4/c1-14(29(33,34)35)38-17-11-22(31)25(23(32)12-17)27(40)39-24(28(41)42)10-16-5-7-20(26-18(16)3-2-8-37-26)19-6-4-15(13-36)9-21(19)30;1-4(10(13,14)15)16-5-2-6(11)8(9(17)18)7(12)3-5;1-13-8(12)7-5(10)2-4(9)3-6(7)11;1-3(2)4;;;;/h2-9,11-12,14,24,38H,10H2,1H3,(H,39,40)(H,41,42);2-4,16H,1H3,(H,17,18);2-3H,1H3;3H,4H2,1-2H3;4*1H4/t14?,24-;;;;;;;/m0......./s1. The normalized spacial score (nSPS) is 11.6. The first-order valence-corrected chi connectivity index (χ1v) is 22.9. The number of carboxylic acid groups (broad SMARTS) is 2. The molecular weight excluding hydrogens is 1190 g/mol. The highest BCUT2D eigenvalue weighted by molar-refractivity contribution is 9.10. The summed E-state index contributed by atoms with van der Waals surface area (Å²) in [6, 6.07) is 11.8. The summed E-state index contributed by atoms with van der Waals surface area (Å²) in [5.41, 5.74) is 3.44. The molecule has 2 unspecified atom stereocenters. The minimum atomic E-state index is -4.69. The van der Waals surface area contributed by atoms with Gasteiger partial charge < -0.3 is 36.6 Å². The Hall–Kier alpha value is -7.63. The third-order valence-corrected chi connectivity index (χ3v) is 10.7. The van der Waals surface area contributed by atoms with Crippen LogP contribution in [0.2, 0.25) is 5.02 Å². The first-order valence-electron chi connectivity index (χ1n) is 21.7. The number of nitrogens with two attached hydrogens (primary N) is 1. The van der Waals surface area contributed by atoms with Gasteiger partial charge in [-0.15, -0.1) is 0 Å². The van der Waals surface area contributed by atoms with Crippen LogP contribution < -0.4 is 21.7 Å². The van der Waals surface area contributed by atoms with E-state index in [4.69, 9.17) is 27.7 Å². The van der Waals surface area contributed by atoms with Crippen molar-refractivity contribution in [1.29, 1.82) is 5.26 Å². The van der Waals surface area contributed by atoms with Gasteiger partial charge in [0.15, 0.2) is 0 Å². The Morgan fingerprint density at radius 1 is 0.704 bits per heavy atom. The molecule has 13 nitrogen and oxygen atoms in total. The van der Waals surface area contributed by atoms with E-state index in [1.807, 2.05) is 30.6 Å². The number of rotatable bonds is 12. The molecule has 0 aliphatic heterocycles. The number of hydrogen-bond donors (Lipinski definition) is 6. The van der Waals surface area contributed by atoms with Gasteiger partial charge in [0.05, 0.1) is 24.3 Å². The number of benzene rings is 5. The predicted molar refractivity (Wildman–Crippen MR) is 289 cm³/mol. The minimum absolute atomic E-state index is 0. The molecule has 0 spiro atoms. The lowest BCUT2D eigenvalue weighted by Crippen LogP contribution is -2.43. The molecule has 0 aliphatic rings. The summed E-state index contributed by atoms with van der Waals surface area (Å²) in [5.74, 6) is -13.5. The fraction of sp³-hybridized carbons (Fsp3) is 0.296. The molecule has 81 heavy (non-hydrogen) atoms. The second kappa shape index (κ2) is 32.6. The molecule has 3 atom stereocenters. The van der Waals surface area contributed by atoms with E-state index in [2.05, 4.69) is 31.0 Å². The Bertz CT molecular complexity index is 3110. The number of halogens is 14. The van der Waals surface area contributed by atoms with Crippen molar-refractivity contribution in [3.63, 3.8) is 0 Å². The van der Waals surface area contributed by atoms with Crippen LogP contribution in [-0.2, 0) is 16.0 Å². The number of carbonyl (C=O) groups is 4. The number of aromatic carboxylic acids is 1. The molecule has 0 radical (unpaired) electrons. The largest absolute Gasteiger partial charge is 0.480 e. The molecule has 6 rings (SSSR count). The Labute approximate surface area is 472 Å². The maximum atomic E-state index is 14.7. The Balaban J connectivity index is 0. The third-order valence-electron chi connectivity index (χ3n) is 9.95. The number of hydrogen-bond acceptors (Lipinski definition) is 10. The lowest BCUT2D eigenvalue weighted by atomic mass is 9.94. The van der Waals surface area contributed by atoms with Crippen LogP contribution in [0.25, 0.3) is 22.0 Å². The minimum Gasteiger partial charge on any atom is -0.480 e. The molecular formula is C54H58BrClF12N6O7. The number of carbonyl (C=O) groups excluding carboxylic acids is 2. The number of esters is 1. The highest BCUT2D eigenvalue weighted by Crippen LogP contribution is 2.35.